The molecular weight excluding hydrogens is 426 g/mol. The Balaban J connectivity index is 1.37. The number of benzene rings is 1. The zero-order valence-electron chi connectivity index (χ0n) is 17.3. The summed E-state index contributed by atoms with van der Waals surface area (Å²) in [6, 6.07) is 11.8. The van der Waals surface area contributed by atoms with Gasteiger partial charge in [-0.15, -0.1) is 0 Å². The predicted octanol–water partition coefficient (Wildman–Crippen LogP) is 4.28. The molecule has 5 rings (SSSR count). The number of methoxy groups -OCH3 is 1. The Bertz CT molecular complexity index is 1430. The molecule has 0 bridgehead atoms. The summed E-state index contributed by atoms with van der Waals surface area (Å²) in [6.45, 7) is 1.15. The molecule has 8 nitrogen and oxygen atoms in total. The number of rotatable bonds is 6. The van der Waals surface area contributed by atoms with Crippen LogP contribution in [0, 0.1) is 0 Å². The van der Waals surface area contributed by atoms with E-state index in [9.17, 15) is 0 Å². The van der Waals surface area contributed by atoms with Gasteiger partial charge in [0.05, 0.1) is 24.6 Å². The van der Waals surface area contributed by atoms with Crippen LogP contribution in [0.1, 0.15) is 11.1 Å². The van der Waals surface area contributed by atoms with Crippen LogP contribution < -0.4 is 15.8 Å². The van der Waals surface area contributed by atoms with E-state index < -0.39 is 0 Å². The molecule has 4 heterocycles. The first-order valence-corrected chi connectivity index (χ1v) is 10.4. The largest absolute Gasteiger partial charge is 0.480 e. The van der Waals surface area contributed by atoms with E-state index in [0.717, 1.165) is 38.6 Å². The summed E-state index contributed by atoms with van der Waals surface area (Å²) in [5.74, 6) is 1.72. The van der Waals surface area contributed by atoms with E-state index in [-0.39, 0.29) is 0 Å². The van der Waals surface area contributed by atoms with Gasteiger partial charge in [0.2, 0.25) is 5.88 Å². The number of aromatic nitrogens is 5. The molecule has 5 aromatic rings. The Morgan fingerprint density at radius 1 is 1.03 bits per heavy atom. The van der Waals surface area contributed by atoms with Gasteiger partial charge in [0.25, 0.3) is 0 Å². The third-order valence-corrected chi connectivity index (χ3v) is 5.47. The van der Waals surface area contributed by atoms with Crippen molar-refractivity contribution in [3.63, 3.8) is 0 Å². The zero-order valence-corrected chi connectivity index (χ0v) is 18.0. The summed E-state index contributed by atoms with van der Waals surface area (Å²) in [5, 5.41) is 11.5. The van der Waals surface area contributed by atoms with E-state index in [1.165, 1.54) is 0 Å². The first-order valence-electron chi connectivity index (χ1n) is 9.98. The van der Waals surface area contributed by atoms with Crippen molar-refractivity contribution >= 4 is 44.9 Å². The molecule has 160 valence electrons. The normalized spacial score (nSPS) is 11.2. The van der Waals surface area contributed by atoms with E-state index >= 15 is 0 Å². The number of hydrogen-bond donors (Lipinski definition) is 2. The summed E-state index contributed by atoms with van der Waals surface area (Å²) in [4.78, 5) is 12.9. The molecule has 0 amide bonds. The van der Waals surface area contributed by atoms with Crippen molar-refractivity contribution in [3.05, 3.63) is 77.3 Å². The molecule has 0 aliphatic heterocycles. The van der Waals surface area contributed by atoms with Gasteiger partial charge in [-0.2, -0.15) is 5.10 Å². The van der Waals surface area contributed by atoms with E-state index in [1.54, 1.807) is 25.7 Å². The highest BCUT2D eigenvalue weighted by Crippen LogP contribution is 2.25. The highest BCUT2D eigenvalue weighted by Gasteiger charge is 2.10. The summed E-state index contributed by atoms with van der Waals surface area (Å²) in [7, 11) is 1.54. The monoisotopic (exact) mass is 445 g/mol. The molecule has 0 unspecified atom stereocenters. The third-order valence-electron chi connectivity index (χ3n) is 5.20. The molecule has 0 atom stereocenters. The van der Waals surface area contributed by atoms with Crippen LogP contribution in [-0.4, -0.2) is 31.8 Å². The number of halogens is 1. The minimum absolute atomic E-state index is 0.407. The summed E-state index contributed by atoms with van der Waals surface area (Å²) in [5.41, 5.74) is 8.85. The van der Waals surface area contributed by atoms with Gasteiger partial charge in [0, 0.05) is 36.7 Å². The Morgan fingerprint density at radius 3 is 2.75 bits per heavy atom. The van der Waals surface area contributed by atoms with Gasteiger partial charge >= 0.3 is 0 Å². The van der Waals surface area contributed by atoms with Gasteiger partial charge in [0.1, 0.15) is 16.7 Å². The SMILES string of the molecule is COc1ncc(Cn2cc3c(NCc4ccc5c(N)nccc5c4)nccc3n2)cc1Cl. The molecule has 4 aromatic heterocycles. The van der Waals surface area contributed by atoms with Crippen molar-refractivity contribution in [3.8, 4) is 5.88 Å². The molecule has 0 aliphatic rings. The van der Waals surface area contributed by atoms with Crippen LogP contribution in [0.3, 0.4) is 0 Å². The molecule has 0 saturated carbocycles. The number of pyridine rings is 3. The van der Waals surface area contributed by atoms with Gasteiger partial charge in [-0.1, -0.05) is 23.7 Å². The van der Waals surface area contributed by atoms with Crippen molar-refractivity contribution < 1.29 is 4.74 Å². The highest BCUT2D eigenvalue weighted by molar-refractivity contribution is 6.31. The summed E-state index contributed by atoms with van der Waals surface area (Å²) >= 11 is 6.20. The van der Waals surface area contributed by atoms with Crippen molar-refractivity contribution in [1.82, 2.24) is 24.7 Å². The second kappa shape index (κ2) is 8.32. The Hall–Kier alpha value is -3.91. The topological polar surface area (TPSA) is 104 Å². The van der Waals surface area contributed by atoms with Gasteiger partial charge in [-0.25, -0.2) is 15.0 Å². The maximum atomic E-state index is 6.20. The number of nitrogens with zero attached hydrogens (tertiary/aromatic N) is 5. The van der Waals surface area contributed by atoms with E-state index in [0.29, 0.717) is 29.8 Å². The summed E-state index contributed by atoms with van der Waals surface area (Å²) in [6.07, 6.45) is 7.17. The zero-order chi connectivity index (χ0) is 22.1. The quantitative estimate of drug-likeness (QED) is 0.402. The lowest BCUT2D eigenvalue weighted by Gasteiger charge is -2.08. The first-order chi connectivity index (χ1) is 15.6. The second-order valence-corrected chi connectivity index (χ2v) is 7.77. The van der Waals surface area contributed by atoms with Crippen LogP contribution in [0.4, 0.5) is 11.6 Å². The Morgan fingerprint density at radius 2 is 1.91 bits per heavy atom. The summed E-state index contributed by atoms with van der Waals surface area (Å²) < 4.78 is 6.97. The highest BCUT2D eigenvalue weighted by atomic mass is 35.5. The minimum atomic E-state index is 0.407. The minimum Gasteiger partial charge on any atom is -0.480 e. The molecule has 32 heavy (non-hydrogen) atoms. The first kappa shape index (κ1) is 20.0. The maximum absolute atomic E-state index is 6.20. The van der Waals surface area contributed by atoms with Crippen LogP contribution in [0.2, 0.25) is 5.02 Å². The lowest BCUT2D eigenvalue weighted by molar-refractivity contribution is 0.397. The third kappa shape index (κ3) is 3.88. The number of hydrogen-bond acceptors (Lipinski definition) is 7. The van der Waals surface area contributed by atoms with Crippen LogP contribution in [-0.2, 0) is 13.1 Å². The van der Waals surface area contributed by atoms with Gasteiger partial charge < -0.3 is 15.8 Å². The fraction of sp³-hybridized carbons (Fsp3) is 0.130. The molecule has 0 fully saturated rings. The Kier molecular flexibility index (Phi) is 5.20. The second-order valence-electron chi connectivity index (χ2n) is 7.36. The molecule has 3 N–H and O–H groups in total. The van der Waals surface area contributed by atoms with Crippen molar-refractivity contribution in [2.45, 2.75) is 13.1 Å². The fourth-order valence-electron chi connectivity index (χ4n) is 3.65. The smallest absolute Gasteiger partial charge is 0.232 e. The van der Waals surface area contributed by atoms with Crippen molar-refractivity contribution in [1.29, 1.82) is 0 Å². The molecule has 0 radical (unpaired) electrons. The van der Waals surface area contributed by atoms with Gasteiger partial charge in [-0.05, 0) is 40.8 Å². The van der Waals surface area contributed by atoms with Crippen LogP contribution in [0.25, 0.3) is 21.7 Å². The Labute approximate surface area is 189 Å². The predicted molar refractivity (Wildman–Crippen MR) is 126 cm³/mol. The van der Waals surface area contributed by atoms with Crippen LogP contribution >= 0.6 is 11.6 Å². The number of nitrogens with two attached hydrogens (primary N) is 1. The van der Waals surface area contributed by atoms with Gasteiger partial charge in [0.15, 0.2) is 0 Å². The van der Waals surface area contributed by atoms with Crippen LogP contribution in [0.5, 0.6) is 5.88 Å². The standard InChI is InChI=1S/C23H20ClN7O/c1-32-23-19(24)9-15(11-29-23)12-31-13-18-20(30-31)5-7-27-22(18)28-10-14-2-3-17-16(8-14)4-6-26-21(17)25/h2-9,11,13H,10,12H2,1H3,(H2,25,26)(H,27,28). The molecule has 1 aromatic carbocycles. The van der Waals surface area contributed by atoms with E-state index in [1.807, 2.05) is 41.2 Å². The number of anilines is 2. The maximum Gasteiger partial charge on any atom is 0.232 e. The molecule has 9 heteroatoms. The molecular formula is C23H20ClN7O. The molecule has 0 aliphatic carbocycles. The average molecular weight is 446 g/mol. The van der Waals surface area contributed by atoms with Crippen molar-refractivity contribution in [2.24, 2.45) is 0 Å². The molecule has 0 spiro atoms. The lowest BCUT2D eigenvalue weighted by atomic mass is 10.1. The number of fused-ring (bicyclic) bond motifs is 2. The fourth-order valence-corrected chi connectivity index (χ4v) is 3.92. The van der Waals surface area contributed by atoms with Gasteiger partial charge in [-0.3, -0.25) is 4.68 Å². The lowest BCUT2D eigenvalue weighted by Crippen LogP contribution is -2.02. The number of nitrogen functional groups attached to an aromatic ring is 1. The number of nitrogens with one attached hydrogen (secondary N) is 1. The van der Waals surface area contributed by atoms with Crippen LogP contribution in [0.15, 0.2) is 61.2 Å². The van der Waals surface area contributed by atoms with E-state index in [4.69, 9.17) is 22.1 Å². The average Bonchev–Trinajstić information content (AvgIpc) is 3.21. The molecule has 0 saturated heterocycles. The van der Waals surface area contributed by atoms with Crippen molar-refractivity contribution in [2.75, 3.05) is 18.2 Å². The number of ether oxygens (including phenoxy) is 1. The van der Waals surface area contributed by atoms with E-state index in [2.05, 4.69) is 31.4 Å².